The minimum Gasteiger partial charge on any atom is -0.493 e. The monoisotopic (exact) mass is 370 g/mol. The summed E-state index contributed by atoms with van der Waals surface area (Å²) in [6.07, 6.45) is 1.32. The molecule has 8 nitrogen and oxygen atoms in total. The highest BCUT2D eigenvalue weighted by Gasteiger charge is 2.28. The molecule has 2 N–H and O–H groups in total. The number of carbonyl (C=O) groups is 1. The van der Waals surface area contributed by atoms with Crippen LogP contribution in [0.4, 0.5) is 23.0 Å². The van der Waals surface area contributed by atoms with Gasteiger partial charge in [0.05, 0.1) is 38.9 Å². The van der Waals surface area contributed by atoms with E-state index in [0.717, 1.165) is 17.8 Å². The lowest BCUT2D eigenvalue weighted by atomic mass is 10.2. The minimum absolute atomic E-state index is 0.0423. The molecule has 2 aromatic rings. The van der Waals surface area contributed by atoms with E-state index >= 15 is 0 Å². The molecule has 1 aromatic heterocycles. The molecule has 1 fully saturated rings. The van der Waals surface area contributed by atoms with Crippen LogP contribution in [0.15, 0.2) is 24.3 Å². The Morgan fingerprint density at radius 1 is 1.19 bits per heavy atom. The molecular formula is C19H22N4O4. The van der Waals surface area contributed by atoms with Crippen LogP contribution in [-0.2, 0) is 11.4 Å². The van der Waals surface area contributed by atoms with Gasteiger partial charge in [0.2, 0.25) is 5.91 Å². The fourth-order valence-electron chi connectivity index (χ4n) is 3.53. The first-order chi connectivity index (χ1) is 13.2. The zero-order valence-corrected chi connectivity index (χ0v) is 15.4. The number of pyridine rings is 1. The normalized spacial score (nSPS) is 15.7. The van der Waals surface area contributed by atoms with Crippen molar-refractivity contribution in [3.63, 3.8) is 0 Å². The third-order valence-electron chi connectivity index (χ3n) is 4.94. The summed E-state index contributed by atoms with van der Waals surface area (Å²) in [7, 11) is 3.20. The van der Waals surface area contributed by atoms with E-state index in [4.69, 9.17) is 14.5 Å². The Balaban J connectivity index is 1.75. The fourth-order valence-corrected chi connectivity index (χ4v) is 3.53. The van der Waals surface area contributed by atoms with E-state index in [-0.39, 0.29) is 12.5 Å². The Hall–Kier alpha value is -3.00. The van der Waals surface area contributed by atoms with Crippen LogP contribution in [0.5, 0.6) is 11.5 Å². The summed E-state index contributed by atoms with van der Waals surface area (Å²) in [6.45, 7) is 0.999. The molecule has 0 unspecified atom stereocenters. The van der Waals surface area contributed by atoms with Gasteiger partial charge in [-0.25, -0.2) is 4.98 Å². The van der Waals surface area contributed by atoms with Gasteiger partial charge < -0.3 is 24.8 Å². The summed E-state index contributed by atoms with van der Waals surface area (Å²) < 4.78 is 10.8. The van der Waals surface area contributed by atoms with Crippen molar-refractivity contribution in [1.82, 2.24) is 4.98 Å². The second-order valence-corrected chi connectivity index (χ2v) is 6.45. The van der Waals surface area contributed by atoms with E-state index in [9.17, 15) is 9.90 Å². The second-order valence-electron chi connectivity index (χ2n) is 6.45. The standard InChI is InChI=1S/C19H22N4O4/c1-26-15-8-13-14(9-16(15)27-2)23(11-20-13)17-6-5-12(10-24)19(21-17)22-7-3-4-18(22)25/h5-6,8-9,20,24H,3-4,7,10-11H2,1-2H3. The Bertz CT molecular complexity index is 886. The number of nitrogens with one attached hydrogen (secondary N) is 1. The van der Waals surface area contributed by atoms with Crippen molar-refractivity contribution in [1.29, 1.82) is 0 Å². The largest absolute Gasteiger partial charge is 0.493 e. The van der Waals surface area contributed by atoms with Crippen LogP contribution in [0.2, 0.25) is 0 Å². The van der Waals surface area contributed by atoms with Gasteiger partial charge in [0.25, 0.3) is 0 Å². The van der Waals surface area contributed by atoms with E-state index in [1.807, 2.05) is 29.2 Å². The Kier molecular flexibility index (Phi) is 4.49. The number of aliphatic hydroxyl groups excluding tert-OH is 1. The molecule has 3 heterocycles. The molecule has 0 atom stereocenters. The predicted octanol–water partition coefficient (Wildman–Crippen LogP) is 2.24. The van der Waals surface area contributed by atoms with Crippen LogP contribution < -0.4 is 24.6 Å². The number of aliphatic hydroxyl groups is 1. The van der Waals surface area contributed by atoms with Crippen LogP contribution in [0, 0.1) is 0 Å². The van der Waals surface area contributed by atoms with Crippen LogP contribution in [0.1, 0.15) is 18.4 Å². The summed E-state index contributed by atoms with van der Waals surface area (Å²) in [6, 6.07) is 7.46. The molecule has 142 valence electrons. The van der Waals surface area contributed by atoms with Crippen LogP contribution in [-0.4, -0.2) is 43.4 Å². The predicted molar refractivity (Wildman–Crippen MR) is 102 cm³/mol. The first-order valence-corrected chi connectivity index (χ1v) is 8.85. The SMILES string of the molecule is COc1cc2c(cc1OC)N(c1ccc(CO)c(N3CCCC3=O)n1)CN2. The van der Waals surface area contributed by atoms with Gasteiger partial charge in [0.15, 0.2) is 11.5 Å². The lowest BCUT2D eigenvalue weighted by Crippen LogP contribution is -2.27. The number of carbonyl (C=O) groups excluding carboxylic acids is 1. The molecule has 2 aliphatic heterocycles. The molecule has 8 heteroatoms. The minimum atomic E-state index is -0.160. The number of ether oxygens (including phenoxy) is 2. The van der Waals surface area contributed by atoms with Gasteiger partial charge in [-0.3, -0.25) is 9.69 Å². The third kappa shape index (κ3) is 2.91. The van der Waals surface area contributed by atoms with Crippen molar-refractivity contribution in [2.75, 3.05) is 42.5 Å². The number of hydrogen-bond acceptors (Lipinski definition) is 7. The molecule has 27 heavy (non-hydrogen) atoms. The number of benzene rings is 1. The molecule has 0 spiro atoms. The van der Waals surface area contributed by atoms with E-state index in [1.54, 1.807) is 19.1 Å². The maximum Gasteiger partial charge on any atom is 0.228 e. The number of hydrogen-bond donors (Lipinski definition) is 2. The molecule has 1 amide bonds. The van der Waals surface area contributed by atoms with Crippen molar-refractivity contribution >= 4 is 28.9 Å². The van der Waals surface area contributed by atoms with Gasteiger partial charge in [0.1, 0.15) is 11.6 Å². The first kappa shape index (κ1) is 17.4. The second kappa shape index (κ2) is 6.96. The van der Waals surface area contributed by atoms with Crippen molar-refractivity contribution < 1.29 is 19.4 Å². The van der Waals surface area contributed by atoms with Crippen LogP contribution in [0.25, 0.3) is 0 Å². The first-order valence-electron chi connectivity index (χ1n) is 8.85. The highest BCUT2D eigenvalue weighted by atomic mass is 16.5. The summed E-state index contributed by atoms with van der Waals surface area (Å²) in [5, 5.41) is 13.0. The number of methoxy groups -OCH3 is 2. The van der Waals surface area contributed by atoms with Gasteiger partial charge >= 0.3 is 0 Å². The number of rotatable bonds is 5. The van der Waals surface area contributed by atoms with Gasteiger partial charge in [-0.1, -0.05) is 0 Å². The molecule has 1 aromatic carbocycles. The van der Waals surface area contributed by atoms with Gasteiger partial charge in [-0.05, 0) is 18.6 Å². The average molecular weight is 370 g/mol. The molecule has 0 bridgehead atoms. The Labute approximate surface area is 157 Å². The highest BCUT2D eigenvalue weighted by Crippen LogP contribution is 2.44. The molecule has 4 rings (SSSR count). The Morgan fingerprint density at radius 3 is 2.63 bits per heavy atom. The summed E-state index contributed by atoms with van der Waals surface area (Å²) in [4.78, 5) is 20.6. The summed E-state index contributed by atoms with van der Waals surface area (Å²) in [5.41, 5.74) is 2.48. The summed E-state index contributed by atoms with van der Waals surface area (Å²) in [5.74, 6) is 2.55. The number of fused-ring (bicyclic) bond motifs is 1. The fraction of sp³-hybridized carbons (Fsp3) is 0.368. The van der Waals surface area contributed by atoms with Gasteiger partial charge in [-0.2, -0.15) is 0 Å². The summed E-state index contributed by atoms with van der Waals surface area (Å²) >= 11 is 0. The van der Waals surface area contributed by atoms with Crippen molar-refractivity contribution in [3.8, 4) is 11.5 Å². The van der Waals surface area contributed by atoms with Crippen molar-refractivity contribution in [2.24, 2.45) is 0 Å². The molecule has 2 aliphatic rings. The molecule has 0 aliphatic carbocycles. The maximum atomic E-state index is 12.2. The van der Waals surface area contributed by atoms with E-state index < -0.39 is 0 Å². The number of aromatic nitrogens is 1. The lowest BCUT2D eigenvalue weighted by Gasteiger charge is -2.23. The smallest absolute Gasteiger partial charge is 0.228 e. The zero-order chi connectivity index (χ0) is 19.0. The van der Waals surface area contributed by atoms with E-state index in [1.165, 1.54) is 0 Å². The van der Waals surface area contributed by atoms with Crippen LogP contribution >= 0.6 is 0 Å². The molecule has 1 saturated heterocycles. The molecule has 0 radical (unpaired) electrons. The third-order valence-corrected chi connectivity index (χ3v) is 4.94. The quantitative estimate of drug-likeness (QED) is 0.835. The van der Waals surface area contributed by atoms with Crippen molar-refractivity contribution in [2.45, 2.75) is 19.4 Å². The topological polar surface area (TPSA) is 87.2 Å². The number of anilines is 4. The van der Waals surface area contributed by atoms with E-state index in [0.29, 0.717) is 48.3 Å². The number of amides is 1. The maximum absolute atomic E-state index is 12.2. The van der Waals surface area contributed by atoms with Crippen LogP contribution in [0.3, 0.4) is 0 Å². The van der Waals surface area contributed by atoms with Gasteiger partial charge in [-0.15, -0.1) is 0 Å². The number of nitrogens with zero attached hydrogens (tertiary/aromatic N) is 3. The van der Waals surface area contributed by atoms with E-state index in [2.05, 4.69) is 5.32 Å². The molecule has 0 saturated carbocycles. The average Bonchev–Trinajstić information content (AvgIpc) is 3.31. The van der Waals surface area contributed by atoms with Crippen molar-refractivity contribution in [3.05, 3.63) is 29.8 Å². The molecular weight excluding hydrogens is 348 g/mol. The van der Waals surface area contributed by atoms with Gasteiger partial charge in [0, 0.05) is 30.7 Å². The Morgan fingerprint density at radius 2 is 1.96 bits per heavy atom. The highest BCUT2D eigenvalue weighted by molar-refractivity contribution is 5.95. The lowest BCUT2D eigenvalue weighted by molar-refractivity contribution is -0.117. The zero-order valence-electron chi connectivity index (χ0n) is 15.4.